The molecule has 0 aliphatic rings. The van der Waals surface area contributed by atoms with Crippen molar-refractivity contribution in [3.63, 3.8) is 0 Å². The maximum atomic E-state index is 12.1. The number of anilines is 1. The van der Waals surface area contributed by atoms with E-state index in [1.54, 1.807) is 24.3 Å². The van der Waals surface area contributed by atoms with Crippen LogP contribution in [0.15, 0.2) is 161 Å². The van der Waals surface area contributed by atoms with E-state index in [2.05, 4.69) is 30.7 Å². The second-order valence-electron chi connectivity index (χ2n) is 12.0. The van der Waals surface area contributed by atoms with Crippen LogP contribution in [-0.2, 0) is 30.4 Å². The minimum absolute atomic E-state index is 0. The molecule has 59 heavy (non-hydrogen) atoms. The number of rotatable bonds is 9. The van der Waals surface area contributed by atoms with Crippen molar-refractivity contribution in [1.29, 1.82) is 0 Å². The largest absolute Gasteiger partial charge is 1.00 e. The first-order chi connectivity index (χ1) is 26.5. The van der Waals surface area contributed by atoms with E-state index in [1.807, 2.05) is 0 Å². The topological polar surface area (TPSA) is 292 Å². The number of nitrogens with zero attached hydrogens (tertiary/aromatic N) is 6. The summed E-state index contributed by atoms with van der Waals surface area (Å²) in [4.78, 5) is -1.78. The van der Waals surface area contributed by atoms with Gasteiger partial charge in [-0.05, 0) is 78.9 Å². The number of nitrogen functional groups attached to an aromatic ring is 1. The third-order valence-electron chi connectivity index (χ3n) is 8.39. The molecule has 7 aromatic rings. The monoisotopic (exact) mass is 877 g/mol. The number of phenols is 1. The van der Waals surface area contributed by atoms with Crippen LogP contribution in [-0.4, -0.2) is 44.0 Å². The Morgan fingerprint density at radius 2 is 0.831 bits per heavy atom. The molecular formula is C36H22N7Na3O10S3. The molecule has 0 saturated carbocycles. The van der Waals surface area contributed by atoms with Gasteiger partial charge in [-0.3, -0.25) is 0 Å². The molecule has 0 aromatic heterocycles. The van der Waals surface area contributed by atoms with E-state index in [0.29, 0.717) is 16.8 Å². The van der Waals surface area contributed by atoms with Crippen LogP contribution in [0.25, 0.3) is 32.3 Å². The number of hydrogen-bond acceptors (Lipinski definition) is 17. The molecule has 0 saturated heterocycles. The smallest absolute Gasteiger partial charge is 0.744 e. The first kappa shape index (κ1) is 48.1. The molecule has 0 bridgehead atoms. The van der Waals surface area contributed by atoms with Crippen LogP contribution in [0.5, 0.6) is 5.75 Å². The van der Waals surface area contributed by atoms with Crippen molar-refractivity contribution < 1.29 is 133 Å². The zero-order valence-electron chi connectivity index (χ0n) is 31.1. The number of hydrogen-bond donors (Lipinski definition) is 2. The molecule has 282 valence electrons. The summed E-state index contributed by atoms with van der Waals surface area (Å²) >= 11 is 0. The molecule has 17 nitrogen and oxygen atoms in total. The van der Waals surface area contributed by atoms with Gasteiger partial charge in [-0.1, -0.05) is 36.4 Å². The minimum atomic E-state index is -5.01. The Morgan fingerprint density at radius 1 is 0.424 bits per heavy atom. The molecule has 7 aromatic carbocycles. The van der Waals surface area contributed by atoms with Crippen LogP contribution < -0.4 is 94.4 Å². The van der Waals surface area contributed by atoms with Gasteiger partial charge < -0.3 is 24.5 Å². The normalized spacial score (nSPS) is 12.3. The summed E-state index contributed by atoms with van der Waals surface area (Å²) in [5, 5.41) is 36.8. The Bertz CT molecular complexity index is 3210. The SMILES string of the molecule is Nc1ccc(N=Nc2ccc(N=Nc3ccc(N=Nc4cc(S(=O)(=O)[O-])c5ccccc5c4O)c4ccc(S(=O)(=O)[O-])cc34)c3ccc(S(=O)(=O)[O-])cc23)cc1.[Na+].[Na+].[Na+]. The molecule has 7 rings (SSSR count). The van der Waals surface area contributed by atoms with Gasteiger partial charge in [0.2, 0.25) is 0 Å². The summed E-state index contributed by atoms with van der Waals surface area (Å²) in [6.07, 6.45) is 0. The maximum absolute atomic E-state index is 12.1. The quantitative estimate of drug-likeness (QED) is 0.0799. The fraction of sp³-hybridized carbons (Fsp3) is 0. The summed E-state index contributed by atoms with van der Waals surface area (Å²) in [5.74, 6) is -0.462. The number of benzene rings is 7. The van der Waals surface area contributed by atoms with Crippen LogP contribution in [0, 0.1) is 0 Å². The third-order valence-corrected chi connectivity index (χ3v) is 10.9. The summed E-state index contributed by atoms with van der Waals surface area (Å²) in [6.45, 7) is 0. The van der Waals surface area contributed by atoms with Gasteiger partial charge in [0.15, 0.2) is 5.75 Å². The van der Waals surface area contributed by atoms with Crippen LogP contribution in [0.2, 0.25) is 0 Å². The van der Waals surface area contributed by atoms with E-state index in [1.165, 1.54) is 60.7 Å². The Labute approximate surface area is 402 Å². The van der Waals surface area contributed by atoms with Gasteiger partial charge in [0, 0.05) is 38.0 Å². The maximum Gasteiger partial charge on any atom is 1.00 e. The zero-order valence-corrected chi connectivity index (χ0v) is 39.5. The number of aromatic hydroxyl groups is 1. The van der Waals surface area contributed by atoms with Crippen LogP contribution in [0.4, 0.5) is 39.8 Å². The van der Waals surface area contributed by atoms with Crippen molar-refractivity contribution in [1.82, 2.24) is 0 Å². The molecule has 23 heteroatoms. The van der Waals surface area contributed by atoms with Gasteiger partial charge in [-0.2, -0.15) is 5.11 Å². The Kier molecular flexibility index (Phi) is 15.5. The molecule has 0 atom stereocenters. The molecule has 0 spiro atoms. The second-order valence-corrected chi connectivity index (χ2v) is 16.1. The number of azo groups is 3. The predicted octanol–water partition coefficient (Wildman–Crippen LogP) is -0.595. The van der Waals surface area contributed by atoms with Crippen molar-refractivity contribution in [2.45, 2.75) is 14.7 Å². The van der Waals surface area contributed by atoms with Crippen molar-refractivity contribution in [3.8, 4) is 5.75 Å². The van der Waals surface area contributed by atoms with Gasteiger partial charge in [0.1, 0.15) is 36.0 Å². The van der Waals surface area contributed by atoms with E-state index >= 15 is 0 Å². The number of fused-ring (bicyclic) bond motifs is 3. The van der Waals surface area contributed by atoms with Crippen LogP contribution in [0.1, 0.15) is 0 Å². The van der Waals surface area contributed by atoms with Gasteiger partial charge in [0.25, 0.3) is 0 Å². The van der Waals surface area contributed by atoms with Crippen molar-refractivity contribution in [2.75, 3.05) is 5.73 Å². The van der Waals surface area contributed by atoms with E-state index in [0.717, 1.165) is 30.3 Å². The molecule has 0 aliphatic carbocycles. The molecule has 0 unspecified atom stereocenters. The van der Waals surface area contributed by atoms with Crippen LogP contribution >= 0.6 is 0 Å². The number of phenolic OH excluding ortho intramolecular Hbond substituents is 1. The van der Waals surface area contributed by atoms with Gasteiger partial charge in [0.05, 0.1) is 43.1 Å². The van der Waals surface area contributed by atoms with E-state index in [-0.39, 0.29) is 144 Å². The molecule has 3 N–H and O–H groups in total. The molecular weight excluding hydrogens is 856 g/mol. The van der Waals surface area contributed by atoms with E-state index in [9.17, 15) is 44.0 Å². The number of nitrogens with two attached hydrogens (primary N) is 1. The Morgan fingerprint density at radius 3 is 1.27 bits per heavy atom. The Hall–Kier alpha value is -3.55. The minimum Gasteiger partial charge on any atom is -0.744 e. The summed E-state index contributed by atoms with van der Waals surface area (Å²) in [6, 6.07) is 25.7. The first-order valence-corrected chi connectivity index (χ1v) is 20.1. The van der Waals surface area contributed by atoms with Gasteiger partial charge in [-0.15, -0.1) is 25.6 Å². The fourth-order valence-corrected chi connectivity index (χ4v) is 7.41. The summed E-state index contributed by atoms with van der Waals surface area (Å²) in [7, 11) is -14.8. The standard InChI is InChI=1S/C36H25N7O10S3.3Na/c37-20-5-7-21(8-6-20)38-39-32-15-13-30(24-11-9-22(17-28(24)32)54(45,46)47)40-42-33-16-14-31(25-12-10-23(18-29(25)33)55(48,49)50)41-43-34-19-35(56(51,52)53)26-3-1-2-4-27(26)36(34)44;;;/h1-19,44H,37H2,(H,45,46,47)(H,48,49,50)(H,51,52,53);;;/q;3*+1/p-3. The Balaban J connectivity index is 0.00000256. The third kappa shape index (κ3) is 10.7. The van der Waals surface area contributed by atoms with Crippen molar-refractivity contribution in [3.05, 3.63) is 115 Å². The van der Waals surface area contributed by atoms with Crippen molar-refractivity contribution >= 4 is 102 Å². The summed E-state index contributed by atoms with van der Waals surface area (Å²) in [5.41, 5.74) is 6.76. The molecule has 0 radical (unpaired) electrons. The van der Waals surface area contributed by atoms with Gasteiger partial charge in [-0.25, -0.2) is 25.3 Å². The molecule has 0 amide bonds. The first-order valence-electron chi connectivity index (χ1n) is 15.8. The predicted molar refractivity (Wildman–Crippen MR) is 201 cm³/mol. The molecule has 0 aliphatic heterocycles. The summed E-state index contributed by atoms with van der Waals surface area (Å²) < 4.78 is 108. The van der Waals surface area contributed by atoms with Crippen molar-refractivity contribution in [2.24, 2.45) is 30.7 Å². The van der Waals surface area contributed by atoms with Crippen LogP contribution in [0.3, 0.4) is 0 Å². The van der Waals surface area contributed by atoms with E-state index in [4.69, 9.17) is 5.73 Å². The van der Waals surface area contributed by atoms with E-state index < -0.39 is 50.8 Å². The fourth-order valence-electron chi connectivity index (χ4n) is 5.72. The average molecular weight is 878 g/mol. The molecule has 0 heterocycles. The molecule has 0 fully saturated rings. The second kappa shape index (κ2) is 19.0. The zero-order chi connectivity index (χ0) is 40.0. The average Bonchev–Trinajstić information content (AvgIpc) is 3.15. The van der Waals surface area contributed by atoms with Gasteiger partial charge >= 0.3 is 88.7 Å².